The third-order valence-corrected chi connectivity index (χ3v) is 2.70. The number of carboxylic acid groups (broad SMARTS) is 1. The maximum Gasteiger partial charge on any atom is 0.340 e. The Bertz CT molecular complexity index is 401. The SMILES string of the molecule is COc1cc(Br)c(C(=O)O)c(OC)c1C. The summed E-state index contributed by atoms with van der Waals surface area (Å²) >= 11 is 3.17. The van der Waals surface area contributed by atoms with Crippen LogP contribution in [0.4, 0.5) is 0 Å². The number of halogens is 1. The Labute approximate surface area is 95.9 Å². The van der Waals surface area contributed by atoms with Crippen LogP contribution in [0.5, 0.6) is 11.5 Å². The van der Waals surface area contributed by atoms with E-state index in [1.807, 2.05) is 0 Å². The van der Waals surface area contributed by atoms with Crippen molar-refractivity contribution in [1.82, 2.24) is 0 Å². The molecule has 0 aliphatic carbocycles. The Balaban J connectivity index is 3.53. The number of hydrogen-bond donors (Lipinski definition) is 1. The Hall–Kier alpha value is -1.23. The molecule has 0 spiro atoms. The third-order valence-electron chi connectivity index (χ3n) is 2.07. The largest absolute Gasteiger partial charge is 0.496 e. The first-order valence-corrected chi connectivity index (χ1v) is 4.96. The summed E-state index contributed by atoms with van der Waals surface area (Å²) in [4.78, 5) is 11.0. The maximum atomic E-state index is 11.0. The number of aromatic carboxylic acids is 1. The molecule has 0 aliphatic heterocycles. The molecule has 0 radical (unpaired) electrons. The summed E-state index contributed by atoms with van der Waals surface area (Å²) in [5, 5.41) is 9.01. The number of carboxylic acids is 1. The van der Waals surface area contributed by atoms with E-state index in [0.29, 0.717) is 21.5 Å². The predicted molar refractivity (Wildman–Crippen MR) is 58.9 cm³/mol. The molecule has 1 N–H and O–H groups in total. The molecule has 0 aromatic heterocycles. The van der Waals surface area contributed by atoms with Crippen LogP contribution in [-0.2, 0) is 0 Å². The zero-order valence-corrected chi connectivity index (χ0v) is 10.2. The van der Waals surface area contributed by atoms with Crippen molar-refractivity contribution in [2.75, 3.05) is 14.2 Å². The van der Waals surface area contributed by atoms with E-state index >= 15 is 0 Å². The van der Waals surface area contributed by atoms with Gasteiger partial charge in [0.1, 0.15) is 17.1 Å². The van der Waals surface area contributed by atoms with Crippen LogP contribution in [0, 0.1) is 6.92 Å². The molecule has 0 atom stereocenters. The van der Waals surface area contributed by atoms with Gasteiger partial charge < -0.3 is 14.6 Å². The van der Waals surface area contributed by atoms with Gasteiger partial charge in [0, 0.05) is 10.0 Å². The summed E-state index contributed by atoms with van der Waals surface area (Å²) < 4.78 is 10.6. The van der Waals surface area contributed by atoms with E-state index in [1.54, 1.807) is 13.0 Å². The molecule has 82 valence electrons. The molecule has 4 nitrogen and oxygen atoms in total. The number of rotatable bonds is 3. The van der Waals surface area contributed by atoms with Crippen LogP contribution in [0.2, 0.25) is 0 Å². The molecule has 0 heterocycles. The monoisotopic (exact) mass is 274 g/mol. The zero-order valence-electron chi connectivity index (χ0n) is 8.63. The number of hydrogen-bond acceptors (Lipinski definition) is 3. The summed E-state index contributed by atoms with van der Waals surface area (Å²) in [5.74, 6) is -0.137. The minimum atomic E-state index is -1.04. The second kappa shape index (κ2) is 4.53. The van der Waals surface area contributed by atoms with Gasteiger partial charge in [-0.1, -0.05) is 0 Å². The molecule has 0 saturated heterocycles. The molecule has 0 aliphatic rings. The molecule has 0 bridgehead atoms. The van der Waals surface area contributed by atoms with Gasteiger partial charge in [0.25, 0.3) is 0 Å². The summed E-state index contributed by atoms with van der Waals surface area (Å²) in [7, 11) is 2.95. The van der Waals surface area contributed by atoms with Crippen LogP contribution in [-0.4, -0.2) is 25.3 Å². The minimum Gasteiger partial charge on any atom is -0.496 e. The molecule has 1 rings (SSSR count). The first-order chi connectivity index (χ1) is 7.02. The highest BCUT2D eigenvalue weighted by Crippen LogP contribution is 2.36. The van der Waals surface area contributed by atoms with Crippen LogP contribution in [0.3, 0.4) is 0 Å². The fourth-order valence-corrected chi connectivity index (χ4v) is 1.93. The standard InChI is InChI=1S/C10H11BrO4/c1-5-7(14-2)4-6(11)8(10(12)13)9(5)15-3/h4H,1-3H3,(H,12,13). The van der Waals surface area contributed by atoms with Crippen LogP contribution in [0.15, 0.2) is 10.5 Å². The lowest BCUT2D eigenvalue weighted by molar-refractivity contribution is 0.0692. The first-order valence-electron chi connectivity index (χ1n) is 4.17. The minimum absolute atomic E-state index is 0.107. The fraction of sp³-hybridized carbons (Fsp3) is 0.300. The van der Waals surface area contributed by atoms with Crippen LogP contribution < -0.4 is 9.47 Å². The van der Waals surface area contributed by atoms with Gasteiger partial charge in [-0.15, -0.1) is 0 Å². The van der Waals surface area contributed by atoms with Crippen molar-refractivity contribution in [3.8, 4) is 11.5 Å². The zero-order chi connectivity index (χ0) is 11.6. The van der Waals surface area contributed by atoms with Gasteiger partial charge in [-0.3, -0.25) is 0 Å². The second-order valence-corrected chi connectivity index (χ2v) is 3.75. The maximum absolute atomic E-state index is 11.0. The predicted octanol–water partition coefficient (Wildman–Crippen LogP) is 2.47. The van der Waals surface area contributed by atoms with Gasteiger partial charge in [-0.2, -0.15) is 0 Å². The molecule has 0 unspecified atom stereocenters. The van der Waals surface area contributed by atoms with E-state index in [1.165, 1.54) is 14.2 Å². The molecule has 1 aromatic carbocycles. The van der Waals surface area contributed by atoms with E-state index < -0.39 is 5.97 Å². The van der Waals surface area contributed by atoms with E-state index in [9.17, 15) is 4.79 Å². The molecule has 0 amide bonds. The Morgan fingerprint density at radius 3 is 2.40 bits per heavy atom. The lowest BCUT2D eigenvalue weighted by Gasteiger charge is -2.13. The van der Waals surface area contributed by atoms with Crippen molar-refractivity contribution < 1.29 is 19.4 Å². The summed E-state index contributed by atoms with van der Waals surface area (Å²) in [5.41, 5.74) is 0.774. The lowest BCUT2D eigenvalue weighted by Crippen LogP contribution is -2.04. The number of methoxy groups -OCH3 is 2. The van der Waals surface area contributed by atoms with Gasteiger partial charge in [0.2, 0.25) is 0 Å². The first kappa shape index (κ1) is 11.8. The normalized spacial score (nSPS) is 9.87. The van der Waals surface area contributed by atoms with Gasteiger partial charge in [-0.25, -0.2) is 4.79 Å². The van der Waals surface area contributed by atoms with Gasteiger partial charge in [0.15, 0.2) is 0 Å². The highest BCUT2D eigenvalue weighted by atomic mass is 79.9. The fourth-order valence-electron chi connectivity index (χ4n) is 1.37. The second-order valence-electron chi connectivity index (χ2n) is 2.90. The van der Waals surface area contributed by atoms with Crippen LogP contribution >= 0.6 is 15.9 Å². The molecule has 5 heteroatoms. The highest BCUT2D eigenvalue weighted by Gasteiger charge is 2.20. The number of ether oxygens (including phenoxy) is 2. The summed E-state index contributed by atoms with van der Waals surface area (Å²) in [6.45, 7) is 1.75. The van der Waals surface area contributed by atoms with Gasteiger partial charge in [0.05, 0.1) is 14.2 Å². The molecular weight excluding hydrogens is 264 g/mol. The Kier molecular flexibility index (Phi) is 3.57. The number of benzene rings is 1. The Morgan fingerprint density at radius 2 is 2.00 bits per heavy atom. The van der Waals surface area contributed by atoms with Crippen LogP contribution in [0.25, 0.3) is 0 Å². The van der Waals surface area contributed by atoms with Crippen LogP contribution in [0.1, 0.15) is 15.9 Å². The van der Waals surface area contributed by atoms with Crippen molar-refractivity contribution in [1.29, 1.82) is 0 Å². The smallest absolute Gasteiger partial charge is 0.340 e. The van der Waals surface area contributed by atoms with E-state index in [2.05, 4.69) is 15.9 Å². The van der Waals surface area contributed by atoms with Crippen molar-refractivity contribution >= 4 is 21.9 Å². The van der Waals surface area contributed by atoms with E-state index in [0.717, 1.165) is 0 Å². The Morgan fingerprint density at radius 1 is 1.40 bits per heavy atom. The van der Waals surface area contributed by atoms with Gasteiger partial charge >= 0.3 is 5.97 Å². The lowest BCUT2D eigenvalue weighted by atomic mass is 10.1. The third kappa shape index (κ3) is 2.07. The van der Waals surface area contributed by atoms with Crippen molar-refractivity contribution in [3.63, 3.8) is 0 Å². The summed E-state index contributed by atoms with van der Waals surface area (Å²) in [6.07, 6.45) is 0. The van der Waals surface area contributed by atoms with Crippen molar-refractivity contribution in [2.45, 2.75) is 6.92 Å². The molecule has 0 saturated carbocycles. The van der Waals surface area contributed by atoms with E-state index in [-0.39, 0.29) is 5.56 Å². The number of carbonyl (C=O) groups is 1. The van der Waals surface area contributed by atoms with Crippen molar-refractivity contribution in [3.05, 3.63) is 21.7 Å². The van der Waals surface area contributed by atoms with E-state index in [4.69, 9.17) is 14.6 Å². The molecule has 15 heavy (non-hydrogen) atoms. The van der Waals surface area contributed by atoms with Crippen molar-refractivity contribution in [2.24, 2.45) is 0 Å². The molecule has 1 aromatic rings. The average Bonchev–Trinajstić information content (AvgIpc) is 2.19. The molecular formula is C10H11BrO4. The quantitative estimate of drug-likeness (QED) is 0.920. The van der Waals surface area contributed by atoms with Gasteiger partial charge in [-0.05, 0) is 28.9 Å². The molecule has 0 fully saturated rings. The topological polar surface area (TPSA) is 55.8 Å². The summed E-state index contributed by atoms with van der Waals surface area (Å²) in [6, 6.07) is 1.61. The highest BCUT2D eigenvalue weighted by molar-refractivity contribution is 9.10. The average molecular weight is 275 g/mol.